The van der Waals surface area contributed by atoms with Gasteiger partial charge in [0.05, 0.1) is 6.10 Å². The second-order valence-electron chi connectivity index (χ2n) is 20.3. The Labute approximate surface area is 302 Å². The Bertz CT molecular complexity index is 924. The average Bonchev–Trinajstić information content (AvgIpc) is 3.39. The van der Waals surface area contributed by atoms with Gasteiger partial charge in [0, 0.05) is 6.61 Å². The van der Waals surface area contributed by atoms with Gasteiger partial charge in [-0.1, -0.05) is 170 Å². The topological polar surface area (TPSA) is 9.23 Å². The zero-order chi connectivity index (χ0) is 34.6. The molecule has 48 heavy (non-hydrogen) atoms. The van der Waals surface area contributed by atoms with Crippen molar-refractivity contribution in [2.45, 2.75) is 228 Å². The van der Waals surface area contributed by atoms with Gasteiger partial charge in [-0.3, -0.25) is 0 Å². The highest BCUT2D eigenvalue weighted by molar-refractivity contribution is 5.25. The molecule has 3 fully saturated rings. The van der Waals surface area contributed by atoms with E-state index in [-0.39, 0.29) is 0 Å². The lowest BCUT2D eigenvalue weighted by Gasteiger charge is -2.58. The first kappa shape index (κ1) is 40.5. The Morgan fingerprint density at radius 2 is 1.29 bits per heavy atom. The van der Waals surface area contributed by atoms with Crippen molar-refractivity contribution in [3.63, 3.8) is 0 Å². The van der Waals surface area contributed by atoms with Crippen LogP contribution < -0.4 is 0 Å². The molecule has 0 spiro atoms. The number of hydrogen-bond acceptors (Lipinski definition) is 1. The number of unbranched alkanes of at least 4 members (excludes halogenated alkanes) is 13. The monoisotopic (exact) mass is 667 g/mol. The van der Waals surface area contributed by atoms with Gasteiger partial charge < -0.3 is 4.74 Å². The third-order valence-electron chi connectivity index (χ3n) is 14.9. The summed E-state index contributed by atoms with van der Waals surface area (Å²) in [5.41, 5.74) is 3.38. The van der Waals surface area contributed by atoms with E-state index in [0.717, 1.165) is 42.1 Å². The molecule has 8 atom stereocenters. The summed E-state index contributed by atoms with van der Waals surface area (Å²) < 4.78 is 6.57. The first-order valence-electron chi connectivity index (χ1n) is 22.2. The number of hydrogen-bond donors (Lipinski definition) is 0. The highest BCUT2D eigenvalue weighted by atomic mass is 16.5. The summed E-state index contributed by atoms with van der Waals surface area (Å²) >= 11 is 0. The van der Waals surface area contributed by atoms with E-state index in [0.29, 0.717) is 22.3 Å². The van der Waals surface area contributed by atoms with Gasteiger partial charge in [0.25, 0.3) is 0 Å². The molecule has 4 aliphatic carbocycles. The maximum absolute atomic E-state index is 6.57. The molecular weight excluding hydrogens is 581 g/mol. The van der Waals surface area contributed by atoms with Crippen molar-refractivity contribution in [3.8, 4) is 0 Å². The average molecular weight is 667 g/mol. The van der Waals surface area contributed by atoms with Crippen LogP contribution in [0, 0.1) is 51.8 Å². The summed E-state index contributed by atoms with van der Waals surface area (Å²) in [6.45, 7) is 21.0. The summed E-state index contributed by atoms with van der Waals surface area (Å²) in [5, 5.41) is 0. The van der Waals surface area contributed by atoms with Crippen LogP contribution in [0.15, 0.2) is 11.6 Å². The number of allylic oxidation sites excluding steroid dienone is 1. The Morgan fingerprint density at radius 3 is 1.90 bits per heavy atom. The molecule has 1 nitrogen and oxygen atoms in total. The fourth-order valence-corrected chi connectivity index (χ4v) is 11.9. The van der Waals surface area contributed by atoms with Crippen molar-refractivity contribution in [2.24, 2.45) is 51.8 Å². The molecule has 6 unspecified atom stereocenters. The summed E-state index contributed by atoms with van der Waals surface area (Å²) in [6, 6.07) is 0. The van der Waals surface area contributed by atoms with Gasteiger partial charge in [-0.25, -0.2) is 0 Å². The molecule has 0 saturated heterocycles. The van der Waals surface area contributed by atoms with Crippen LogP contribution in [0.5, 0.6) is 0 Å². The van der Waals surface area contributed by atoms with Crippen LogP contribution in [0.1, 0.15) is 222 Å². The molecule has 0 radical (unpaired) electrons. The molecule has 0 aromatic heterocycles. The van der Waals surface area contributed by atoms with Crippen molar-refractivity contribution < 1.29 is 4.74 Å². The van der Waals surface area contributed by atoms with E-state index in [1.165, 1.54) is 167 Å². The predicted octanol–water partition coefficient (Wildman–Crippen LogP) is 15.3. The molecule has 0 aliphatic heterocycles. The maximum Gasteiger partial charge on any atom is 0.0612 e. The molecule has 1 heteroatoms. The number of rotatable bonds is 22. The van der Waals surface area contributed by atoms with Crippen molar-refractivity contribution in [2.75, 3.05) is 6.61 Å². The molecule has 0 aromatic carbocycles. The lowest BCUT2D eigenvalue weighted by atomic mass is 9.47. The second kappa shape index (κ2) is 19.5. The standard InChI is InChI=1S/C47H86O/c1-37(2)24-23-25-38(3)42-28-29-43-41-27-26-39-36-40(30-33-46(39,7)44(41)31-34-47(42,43)8)48-35-22-20-18-16-14-12-10-9-11-13-15-17-19-21-32-45(4,5)6/h26,37-38,40-44H,9-25,27-36H2,1-8H3/t38?,40-,41?,42+,43?,44?,46?,47?/m0/s1. The van der Waals surface area contributed by atoms with Crippen LogP contribution in [0.25, 0.3) is 0 Å². The minimum atomic E-state index is 0.455. The van der Waals surface area contributed by atoms with Crippen LogP contribution in [0.2, 0.25) is 0 Å². The summed E-state index contributed by atoms with van der Waals surface area (Å²) in [7, 11) is 0. The van der Waals surface area contributed by atoms with E-state index in [9.17, 15) is 0 Å². The lowest BCUT2D eigenvalue weighted by molar-refractivity contribution is -0.0641. The van der Waals surface area contributed by atoms with E-state index in [2.05, 4.69) is 61.5 Å². The van der Waals surface area contributed by atoms with E-state index >= 15 is 0 Å². The highest BCUT2D eigenvalue weighted by Gasteiger charge is 2.59. The fourth-order valence-electron chi connectivity index (χ4n) is 11.9. The zero-order valence-corrected chi connectivity index (χ0v) is 34.1. The van der Waals surface area contributed by atoms with E-state index in [1.807, 2.05) is 0 Å². The predicted molar refractivity (Wildman–Crippen MR) is 211 cm³/mol. The molecule has 4 rings (SSSR count). The Morgan fingerprint density at radius 1 is 0.688 bits per heavy atom. The molecule has 0 amide bonds. The molecule has 0 N–H and O–H groups in total. The van der Waals surface area contributed by atoms with Gasteiger partial charge in [0.1, 0.15) is 0 Å². The van der Waals surface area contributed by atoms with Crippen molar-refractivity contribution >= 4 is 0 Å². The fraction of sp³-hybridized carbons (Fsp3) is 0.957. The molecule has 4 aliphatic rings. The van der Waals surface area contributed by atoms with E-state index < -0.39 is 0 Å². The van der Waals surface area contributed by atoms with Crippen LogP contribution in [0.4, 0.5) is 0 Å². The van der Waals surface area contributed by atoms with Crippen LogP contribution >= 0.6 is 0 Å². The van der Waals surface area contributed by atoms with Gasteiger partial charge in [-0.2, -0.15) is 0 Å². The molecule has 280 valence electrons. The maximum atomic E-state index is 6.57. The van der Waals surface area contributed by atoms with Crippen LogP contribution in [0.3, 0.4) is 0 Å². The van der Waals surface area contributed by atoms with Crippen LogP contribution in [-0.2, 0) is 4.74 Å². The minimum absolute atomic E-state index is 0.455. The largest absolute Gasteiger partial charge is 0.378 e. The molecule has 0 bridgehead atoms. The zero-order valence-electron chi connectivity index (χ0n) is 34.1. The molecule has 0 aromatic rings. The Balaban J connectivity index is 1.05. The van der Waals surface area contributed by atoms with Gasteiger partial charge in [-0.15, -0.1) is 0 Å². The smallest absolute Gasteiger partial charge is 0.0612 e. The van der Waals surface area contributed by atoms with E-state index in [4.69, 9.17) is 4.74 Å². The SMILES string of the molecule is CC(C)CCCC(C)[C@H]1CCC2C3CC=C4C[C@@H](OCCCCCCCCCCCCCCCCC(C)(C)C)CCC4(C)C3CCC21C. The van der Waals surface area contributed by atoms with Gasteiger partial charge in [0.15, 0.2) is 0 Å². The first-order chi connectivity index (χ1) is 22.9. The third kappa shape index (κ3) is 11.6. The molecule has 0 heterocycles. The van der Waals surface area contributed by atoms with Gasteiger partial charge >= 0.3 is 0 Å². The quantitative estimate of drug-likeness (QED) is 0.0825. The molecular formula is C47H86O. The first-order valence-corrected chi connectivity index (χ1v) is 22.2. The van der Waals surface area contributed by atoms with Crippen molar-refractivity contribution in [3.05, 3.63) is 11.6 Å². The van der Waals surface area contributed by atoms with Crippen molar-refractivity contribution in [1.29, 1.82) is 0 Å². The minimum Gasteiger partial charge on any atom is -0.378 e. The Hall–Kier alpha value is -0.300. The van der Waals surface area contributed by atoms with E-state index in [1.54, 1.807) is 5.57 Å². The third-order valence-corrected chi connectivity index (χ3v) is 14.9. The summed E-state index contributed by atoms with van der Waals surface area (Å²) in [4.78, 5) is 0. The van der Waals surface area contributed by atoms with Crippen LogP contribution in [-0.4, -0.2) is 12.7 Å². The Kier molecular flexibility index (Phi) is 16.5. The van der Waals surface area contributed by atoms with Gasteiger partial charge in [-0.05, 0) is 116 Å². The second-order valence-corrected chi connectivity index (χ2v) is 20.3. The summed E-state index contributed by atoms with van der Waals surface area (Å²) in [5.74, 6) is 5.59. The normalized spacial score (nSPS) is 32.5. The lowest BCUT2D eigenvalue weighted by Crippen LogP contribution is -2.51. The van der Waals surface area contributed by atoms with Crippen molar-refractivity contribution in [1.82, 2.24) is 0 Å². The number of ether oxygens (including phenoxy) is 1. The summed E-state index contributed by atoms with van der Waals surface area (Å²) in [6.07, 6.45) is 40.3. The number of fused-ring (bicyclic) bond motifs is 5. The highest BCUT2D eigenvalue weighted by Crippen LogP contribution is 2.67. The van der Waals surface area contributed by atoms with Gasteiger partial charge in [0.2, 0.25) is 0 Å². The molecule has 3 saturated carbocycles.